The molecule has 0 bridgehead atoms. The molecule has 0 fully saturated rings. The van der Waals surface area contributed by atoms with Crippen molar-refractivity contribution < 1.29 is 5.11 Å². The van der Waals surface area contributed by atoms with E-state index >= 15 is 0 Å². The third-order valence-electron chi connectivity index (χ3n) is 2.64. The van der Waals surface area contributed by atoms with Crippen molar-refractivity contribution in [3.63, 3.8) is 0 Å². The molecule has 84 valence electrons. The van der Waals surface area contributed by atoms with Crippen LogP contribution in [0.4, 0.5) is 0 Å². The number of hydrogen-bond acceptors (Lipinski definition) is 2. The first-order valence-corrected chi connectivity index (χ1v) is 5.60. The lowest BCUT2D eigenvalue weighted by atomic mass is 9.96. The maximum absolute atomic E-state index is 9.90. The Morgan fingerprint density at radius 2 is 1.73 bits per heavy atom. The standard InChI is InChI=1S/C13H21NO/c1-10(2)8-9-12(15)13(14)11-6-4-3-5-7-11/h3-7,10,12-13,15H,8-9,14H2,1-2H3/t12-,13+/m1/s1. The minimum Gasteiger partial charge on any atom is -0.391 e. The predicted molar refractivity (Wildman–Crippen MR) is 63.4 cm³/mol. The topological polar surface area (TPSA) is 46.2 Å². The van der Waals surface area contributed by atoms with E-state index in [0.29, 0.717) is 5.92 Å². The van der Waals surface area contributed by atoms with Crippen molar-refractivity contribution in [2.24, 2.45) is 11.7 Å². The highest BCUT2D eigenvalue weighted by atomic mass is 16.3. The Morgan fingerprint density at radius 1 is 1.13 bits per heavy atom. The molecule has 0 saturated carbocycles. The van der Waals surface area contributed by atoms with Gasteiger partial charge in [-0.3, -0.25) is 0 Å². The zero-order valence-electron chi connectivity index (χ0n) is 9.56. The normalized spacial score (nSPS) is 15.3. The van der Waals surface area contributed by atoms with Crippen molar-refractivity contribution in [2.75, 3.05) is 0 Å². The minimum atomic E-state index is -0.435. The number of aliphatic hydroxyl groups is 1. The van der Waals surface area contributed by atoms with E-state index < -0.39 is 6.10 Å². The Labute approximate surface area is 92.1 Å². The van der Waals surface area contributed by atoms with E-state index in [2.05, 4.69) is 13.8 Å². The van der Waals surface area contributed by atoms with Crippen molar-refractivity contribution in [2.45, 2.75) is 38.8 Å². The van der Waals surface area contributed by atoms with Crippen LogP contribution in [0.3, 0.4) is 0 Å². The van der Waals surface area contributed by atoms with Crippen molar-refractivity contribution in [3.05, 3.63) is 35.9 Å². The average molecular weight is 207 g/mol. The number of benzene rings is 1. The van der Waals surface area contributed by atoms with Gasteiger partial charge >= 0.3 is 0 Å². The number of rotatable bonds is 5. The summed E-state index contributed by atoms with van der Waals surface area (Å²) < 4.78 is 0. The van der Waals surface area contributed by atoms with Gasteiger partial charge < -0.3 is 10.8 Å². The van der Waals surface area contributed by atoms with Gasteiger partial charge in [0.05, 0.1) is 12.1 Å². The number of hydrogen-bond donors (Lipinski definition) is 2. The van der Waals surface area contributed by atoms with Gasteiger partial charge in [0.25, 0.3) is 0 Å². The molecule has 0 aromatic heterocycles. The molecule has 1 aromatic rings. The molecular weight excluding hydrogens is 186 g/mol. The summed E-state index contributed by atoms with van der Waals surface area (Å²) >= 11 is 0. The molecule has 1 aromatic carbocycles. The average Bonchev–Trinajstić information content (AvgIpc) is 2.26. The summed E-state index contributed by atoms with van der Waals surface area (Å²) in [4.78, 5) is 0. The Kier molecular flexibility index (Phi) is 4.79. The summed E-state index contributed by atoms with van der Waals surface area (Å²) in [6.07, 6.45) is 1.35. The van der Waals surface area contributed by atoms with Crippen LogP contribution in [0, 0.1) is 5.92 Å². The van der Waals surface area contributed by atoms with Crippen LogP contribution in [-0.4, -0.2) is 11.2 Å². The molecule has 1 rings (SSSR count). The highest BCUT2D eigenvalue weighted by Gasteiger charge is 2.16. The quantitative estimate of drug-likeness (QED) is 0.779. The molecular formula is C13H21NO. The molecule has 0 aliphatic heterocycles. The van der Waals surface area contributed by atoms with E-state index in [1.807, 2.05) is 30.3 Å². The number of aliphatic hydroxyl groups excluding tert-OH is 1. The molecule has 2 atom stereocenters. The van der Waals surface area contributed by atoms with Gasteiger partial charge in [0.15, 0.2) is 0 Å². The number of nitrogens with two attached hydrogens (primary N) is 1. The smallest absolute Gasteiger partial charge is 0.0732 e. The molecule has 0 radical (unpaired) electrons. The molecule has 0 aliphatic rings. The zero-order chi connectivity index (χ0) is 11.3. The van der Waals surface area contributed by atoms with Gasteiger partial charge in [-0.1, -0.05) is 44.2 Å². The molecule has 0 unspecified atom stereocenters. The minimum absolute atomic E-state index is 0.259. The van der Waals surface area contributed by atoms with Crippen molar-refractivity contribution in [1.29, 1.82) is 0 Å². The Balaban J connectivity index is 2.49. The lowest BCUT2D eigenvalue weighted by Crippen LogP contribution is -2.26. The largest absolute Gasteiger partial charge is 0.391 e. The lowest BCUT2D eigenvalue weighted by molar-refractivity contribution is 0.128. The van der Waals surface area contributed by atoms with E-state index in [4.69, 9.17) is 5.73 Å². The third-order valence-corrected chi connectivity index (χ3v) is 2.64. The van der Waals surface area contributed by atoms with Gasteiger partial charge in [0.1, 0.15) is 0 Å². The third kappa shape index (κ3) is 4.02. The van der Waals surface area contributed by atoms with Gasteiger partial charge in [-0.05, 0) is 24.3 Å². The maximum atomic E-state index is 9.90. The van der Waals surface area contributed by atoms with Crippen molar-refractivity contribution in [1.82, 2.24) is 0 Å². The molecule has 0 amide bonds. The summed E-state index contributed by atoms with van der Waals surface area (Å²) in [6, 6.07) is 9.52. The molecule has 0 saturated heterocycles. The highest BCUT2D eigenvalue weighted by Crippen LogP contribution is 2.18. The fourth-order valence-electron chi connectivity index (χ4n) is 1.58. The van der Waals surface area contributed by atoms with Gasteiger partial charge in [-0.25, -0.2) is 0 Å². The molecule has 2 nitrogen and oxygen atoms in total. The van der Waals surface area contributed by atoms with Crippen LogP contribution in [0.25, 0.3) is 0 Å². The van der Waals surface area contributed by atoms with E-state index in [0.717, 1.165) is 18.4 Å². The molecule has 0 aliphatic carbocycles. The molecule has 3 N–H and O–H groups in total. The van der Waals surface area contributed by atoms with Crippen LogP contribution in [0.5, 0.6) is 0 Å². The van der Waals surface area contributed by atoms with Crippen molar-refractivity contribution in [3.8, 4) is 0 Å². The fraction of sp³-hybridized carbons (Fsp3) is 0.538. The summed E-state index contributed by atoms with van der Waals surface area (Å²) in [5.74, 6) is 0.614. The summed E-state index contributed by atoms with van der Waals surface area (Å²) in [7, 11) is 0. The molecule has 2 heteroatoms. The Bertz CT molecular complexity index is 271. The molecule has 0 spiro atoms. The maximum Gasteiger partial charge on any atom is 0.0732 e. The van der Waals surface area contributed by atoms with Crippen LogP contribution in [0.1, 0.15) is 38.3 Å². The van der Waals surface area contributed by atoms with Gasteiger partial charge in [-0.15, -0.1) is 0 Å². The van der Waals surface area contributed by atoms with E-state index in [9.17, 15) is 5.11 Å². The SMILES string of the molecule is CC(C)CC[C@@H](O)[C@@H](N)c1ccccc1. The Morgan fingerprint density at radius 3 is 2.27 bits per heavy atom. The van der Waals surface area contributed by atoms with E-state index in [-0.39, 0.29) is 6.04 Å². The van der Waals surface area contributed by atoms with Gasteiger partial charge in [0, 0.05) is 0 Å². The predicted octanol–water partition coefficient (Wildman–Crippen LogP) is 2.48. The van der Waals surface area contributed by atoms with Crippen LogP contribution in [0.15, 0.2) is 30.3 Å². The second-order valence-corrected chi connectivity index (χ2v) is 4.48. The van der Waals surface area contributed by atoms with Crippen LogP contribution in [0.2, 0.25) is 0 Å². The highest BCUT2D eigenvalue weighted by molar-refractivity contribution is 5.19. The molecule has 15 heavy (non-hydrogen) atoms. The summed E-state index contributed by atoms with van der Waals surface area (Å²) in [5, 5.41) is 9.90. The zero-order valence-corrected chi connectivity index (χ0v) is 9.56. The summed E-state index contributed by atoms with van der Waals surface area (Å²) in [5.41, 5.74) is 6.98. The first-order valence-electron chi connectivity index (χ1n) is 5.60. The van der Waals surface area contributed by atoms with Crippen molar-refractivity contribution >= 4 is 0 Å². The second kappa shape index (κ2) is 5.89. The fourth-order valence-corrected chi connectivity index (χ4v) is 1.58. The Hall–Kier alpha value is -0.860. The van der Waals surface area contributed by atoms with Gasteiger partial charge in [-0.2, -0.15) is 0 Å². The van der Waals surface area contributed by atoms with Crippen LogP contribution < -0.4 is 5.73 Å². The van der Waals surface area contributed by atoms with E-state index in [1.165, 1.54) is 0 Å². The lowest BCUT2D eigenvalue weighted by Gasteiger charge is -2.19. The second-order valence-electron chi connectivity index (χ2n) is 4.48. The first kappa shape index (κ1) is 12.2. The van der Waals surface area contributed by atoms with Crippen LogP contribution >= 0.6 is 0 Å². The van der Waals surface area contributed by atoms with E-state index in [1.54, 1.807) is 0 Å². The first-order chi connectivity index (χ1) is 7.11. The summed E-state index contributed by atoms with van der Waals surface area (Å²) in [6.45, 7) is 4.31. The van der Waals surface area contributed by atoms with Gasteiger partial charge in [0.2, 0.25) is 0 Å². The monoisotopic (exact) mass is 207 g/mol. The van der Waals surface area contributed by atoms with Crippen LogP contribution in [-0.2, 0) is 0 Å². The molecule has 0 heterocycles.